The van der Waals surface area contributed by atoms with Crippen LogP contribution >= 0.6 is 11.8 Å². The summed E-state index contributed by atoms with van der Waals surface area (Å²) in [6.07, 6.45) is 3.28. The van der Waals surface area contributed by atoms with Gasteiger partial charge >= 0.3 is 12.0 Å². The average Bonchev–Trinajstić information content (AvgIpc) is 2.66. The molecule has 0 aromatic carbocycles. The van der Waals surface area contributed by atoms with Gasteiger partial charge in [0.05, 0.1) is 6.42 Å². The van der Waals surface area contributed by atoms with Crippen molar-refractivity contribution in [2.45, 2.75) is 43.9 Å². The normalized spacial score (nSPS) is 23.4. The van der Waals surface area contributed by atoms with E-state index in [1.54, 1.807) is 0 Å². The molecule has 0 aromatic heterocycles. The molecule has 98 valence electrons. The molecule has 0 bridgehead atoms. The van der Waals surface area contributed by atoms with Crippen molar-refractivity contribution >= 4 is 23.8 Å². The Morgan fingerprint density at radius 3 is 2.82 bits per heavy atom. The minimum Gasteiger partial charge on any atom is -0.481 e. The molecule has 2 unspecified atom stereocenters. The predicted octanol–water partition coefficient (Wildman–Crippen LogP) is 1.43. The fraction of sp³-hybridized carbons (Fsp3) is 0.818. The van der Waals surface area contributed by atoms with Gasteiger partial charge in [0.1, 0.15) is 0 Å². The number of carbonyl (C=O) groups excluding carboxylic acids is 1. The van der Waals surface area contributed by atoms with E-state index in [4.69, 9.17) is 5.11 Å². The van der Waals surface area contributed by atoms with Crippen LogP contribution in [-0.4, -0.2) is 40.7 Å². The smallest absolute Gasteiger partial charge is 0.315 e. The number of carboxylic acids is 1. The summed E-state index contributed by atoms with van der Waals surface area (Å²) in [5.41, 5.74) is 0. The number of carboxylic acid groups (broad SMARTS) is 1. The minimum absolute atomic E-state index is 0.0365. The maximum absolute atomic E-state index is 11.5. The van der Waals surface area contributed by atoms with Gasteiger partial charge in [-0.25, -0.2) is 4.79 Å². The Bertz CT molecular complexity index is 273. The second-order valence-corrected chi connectivity index (χ2v) is 5.59. The lowest BCUT2D eigenvalue weighted by atomic mass is 10.2. The zero-order chi connectivity index (χ0) is 12.7. The summed E-state index contributed by atoms with van der Waals surface area (Å²) in [5.74, 6) is 0.161. The number of urea groups is 1. The molecule has 2 amide bonds. The Balaban J connectivity index is 2.22. The molecular formula is C11H20N2O3S. The highest BCUT2D eigenvalue weighted by Gasteiger charge is 2.28. The highest BCUT2D eigenvalue weighted by molar-refractivity contribution is 7.99. The largest absolute Gasteiger partial charge is 0.481 e. The molecule has 1 aliphatic carbocycles. The highest BCUT2D eigenvalue weighted by Crippen LogP contribution is 2.29. The molecule has 1 saturated carbocycles. The number of carbonyl (C=O) groups is 2. The topological polar surface area (TPSA) is 78.4 Å². The summed E-state index contributed by atoms with van der Waals surface area (Å²) in [4.78, 5) is 21.8. The van der Waals surface area contributed by atoms with Crippen molar-refractivity contribution in [2.75, 3.05) is 12.3 Å². The first-order valence-electron chi connectivity index (χ1n) is 6.01. The molecule has 0 radical (unpaired) electrons. The van der Waals surface area contributed by atoms with Gasteiger partial charge in [0.2, 0.25) is 0 Å². The van der Waals surface area contributed by atoms with Gasteiger partial charge in [-0.1, -0.05) is 13.3 Å². The van der Waals surface area contributed by atoms with Crippen LogP contribution in [0.2, 0.25) is 0 Å². The molecular weight excluding hydrogens is 240 g/mol. The van der Waals surface area contributed by atoms with Crippen LogP contribution in [0.3, 0.4) is 0 Å². The summed E-state index contributed by atoms with van der Waals surface area (Å²) in [5, 5.41) is 14.4. The predicted molar refractivity (Wildman–Crippen MR) is 68.3 cm³/mol. The average molecular weight is 260 g/mol. The monoisotopic (exact) mass is 260 g/mol. The van der Waals surface area contributed by atoms with Gasteiger partial charge in [-0.3, -0.25) is 4.79 Å². The van der Waals surface area contributed by atoms with Gasteiger partial charge in [0.25, 0.3) is 0 Å². The SMILES string of the molecule is CCSC1CCCC1NC(=O)NCCC(=O)O. The summed E-state index contributed by atoms with van der Waals surface area (Å²) >= 11 is 1.88. The van der Waals surface area contributed by atoms with Crippen LogP contribution in [0.4, 0.5) is 4.79 Å². The van der Waals surface area contributed by atoms with Crippen molar-refractivity contribution in [3.05, 3.63) is 0 Å². The van der Waals surface area contributed by atoms with E-state index in [-0.39, 0.29) is 25.0 Å². The zero-order valence-electron chi connectivity index (χ0n) is 10.1. The van der Waals surface area contributed by atoms with E-state index in [0.29, 0.717) is 5.25 Å². The fourth-order valence-electron chi connectivity index (χ4n) is 2.01. The van der Waals surface area contributed by atoms with Crippen LogP contribution in [0.15, 0.2) is 0 Å². The van der Waals surface area contributed by atoms with Crippen LogP contribution in [0, 0.1) is 0 Å². The van der Waals surface area contributed by atoms with Crippen LogP contribution in [-0.2, 0) is 4.79 Å². The van der Waals surface area contributed by atoms with Crippen molar-refractivity contribution in [1.29, 1.82) is 0 Å². The van der Waals surface area contributed by atoms with Crippen LogP contribution in [0.1, 0.15) is 32.6 Å². The Labute approximate surface area is 106 Å². The van der Waals surface area contributed by atoms with E-state index in [1.165, 1.54) is 0 Å². The first-order valence-corrected chi connectivity index (χ1v) is 7.06. The summed E-state index contributed by atoms with van der Waals surface area (Å²) in [6.45, 7) is 2.30. The van der Waals surface area contributed by atoms with Gasteiger partial charge in [-0.05, 0) is 18.6 Å². The zero-order valence-corrected chi connectivity index (χ0v) is 10.9. The number of nitrogens with one attached hydrogen (secondary N) is 2. The molecule has 0 aliphatic heterocycles. The number of thioether (sulfide) groups is 1. The van der Waals surface area contributed by atoms with Crippen LogP contribution < -0.4 is 10.6 Å². The molecule has 2 atom stereocenters. The standard InChI is InChI=1S/C11H20N2O3S/c1-2-17-9-5-3-4-8(9)13-11(16)12-7-6-10(14)15/h8-9H,2-7H2,1H3,(H,14,15)(H2,12,13,16). The molecule has 1 fully saturated rings. The third kappa shape index (κ3) is 5.30. The molecule has 0 heterocycles. The molecule has 5 nitrogen and oxygen atoms in total. The van der Waals surface area contributed by atoms with E-state index >= 15 is 0 Å². The maximum Gasteiger partial charge on any atom is 0.315 e. The number of rotatable bonds is 6. The molecule has 17 heavy (non-hydrogen) atoms. The van der Waals surface area contributed by atoms with Crippen LogP contribution in [0.25, 0.3) is 0 Å². The third-order valence-electron chi connectivity index (χ3n) is 2.77. The third-order valence-corrected chi connectivity index (χ3v) is 4.10. The molecule has 0 spiro atoms. The number of amides is 2. The summed E-state index contributed by atoms with van der Waals surface area (Å²) in [7, 11) is 0. The quantitative estimate of drug-likeness (QED) is 0.675. The van der Waals surface area contributed by atoms with Gasteiger partial charge in [-0.15, -0.1) is 0 Å². The molecule has 0 aromatic rings. The fourth-order valence-corrected chi connectivity index (χ4v) is 3.21. The van der Waals surface area contributed by atoms with Gasteiger partial charge in [-0.2, -0.15) is 11.8 Å². The summed E-state index contributed by atoms with van der Waals surface area (Å²) < 4.78 is 0. The molecule has 0 saturated heterocycles. The van der Waals surface area contributed by atoms with Gasteiger partial charge < -0.3 is 15.7 Å². The minimum atomic E-state index is -0.898. The lowest BCUT2D eigenvalue weighted by Gasteiger charge is -2.20. The van der Waals surface area contributed by atoms with Gasteiger partial charge in [0, 0.05) is 17.8 Å². The van der Waals surface area contributed by atoms with E-state index < -0.39 is 5.97 Å². The van der Waals surface area contributed by atoms with Gasteiger partial charge in [0.15, 0.2) is 0 Å². The first kappa shape index (κ1) is 14.2. The second kappa shape index (κ2) is 7.42. The number of aliphatic carboxylic acids is 1. The van der Waals surface area contributed by atoms with Crippen molar-refractivity contribution < 1.29 is 14.7 Å². The van der Waals surface area contributed by atoms with E-state index in [9.17, 15) is 9.59 Å². The molecule has 6 heteroatoms. The first-order chi connectivity index (χ1) is 8.13. The Hall–Kier alpha value is -0.910. The number of hydrogen-bond acceptors (Lipinski definition) is 3. The number of hydrogen-bond donors (Lipinski definition) is 3. The van der Waals surface area contributed by atoms with E-state index in [2.05, 4.69) is 17.6 Å². The lowest BCUT2D eigenvalue weighted by Crippen LogP contribution is -2.45. The highest BCUT2D eigenvalue weighted by atomic mass is 32.2. The Morgan fingerprint density at radius 1 is 1.41 bits per heavy atom. The Morgan fingerprint density at radius 2 is 2.18 bits per heavy atom. The van der Waals surface area contributed by atoms with E-state index in [0.717, 1.165) is 25.0 Å². The molecule has 3 N–H and O–H groups in total. The molecule has 1 aliphatic rings. The van der Waals surface area contributed by atoms with Crippen molar-refractivity contribution in [3.63, 3.8) is 0 Å². The van der Waals surface area contributed by atoms with Crippen molar-refractivity contribution in [2.24, 2.45) is 0 Å². The van der Waals surface area contributed by atoms with Crippen LogP contribution in [0.5, 0.6) is 0 Å². The second-order valence-electron chi connectivity index (χ2n) is 4.08. The van der Waals surface area contributed by atoms with E-state index in [1.807, 2.05) is 11.8 Å². The van der Waals surface area contributed by atoms with Crippen molar-refractivity contribution in [1.82, 2.24) is 10.6 Å². The summed E-state index contributed by atoms with van der Waals surface area (Å²) in [6, 6.07) is -0.0235. The molecule has 1 rings (SSSR count). The maximum atomic E-state index is 11.5. The Kier molecular flexibility index (Phi) is 6.18. The van der Waals surface area contributed by atoms with Crippen molar-refractivity contribution in [3.8, 4) is 0 Å². The lowest BCUT2D eigenvalue weighted by molar-refractivity contribution is -0.136.